The maximum absolute atomic E-state index is 13.8. The van der Waals surface area contributed by atoms with E-state index in [4.69, 9.17) is 0 Å². The molecular formula is C30H18F6. The molecule has 0 atom stereocenters. The lowest BCUT2D eigenvalue weighted by Gasteiger charge is -2.11. The van der Waals surface area contributed by atoms with E-state index in [1.165, 1.54) is 48.5 Å². The van der Waals surface area contributed by atoms with Gasteiger partial charge >= 0.3 is 12.4 Å². The zero-order valence-electron chi connectivity index (χ0n) is 18.7. The van der Waals surface area contributed by atoms with Gasteiger partial charge in [0.1, 0.15) is 11.1 Å². The quantitative estimate of drug-likeness (QED) is 0.197. The first-order valence-corrected chi connectivity index (χ1v) is 10.8. The SMILES string of the molecule is FC(F)(F)C(=C=C=C(c1ccc(-c2ccccc2)cc1)C(F)(F)F)c1ccc(-c2ccccc2)cc1. The highest BCUT2D eigenvalue weighted by Gasteiger charge is 2.37. The third-order valence-electron chi connectivity index (χ3n) is 5.44. The Morgan fingerprint density at radius 1 is 0.389 bits per heavy atom. The van der Waals surface area contributed by atoms with E-state index in [0.717, 1.165) is 11.1 Å². The second-order valence-electron chi connectivity index (χ2n) is 7.88. The molecule has 0 unspecified atom stereocenters. The van der Waals surface area contributed by atoms with Gasteiger partial charge in [-0.2, -0.15) is 26.3 Å². The zero-order valence-corrected chi connectivity index (χ0v) is 18.7. The molecule has 0 aliphatic rings. The van der Waals surface area contributed by atoms with Crippen molar-refractivity contribution in [2.24, 2.45) is 0 Å². The van der Waals surface area contributed by atoms with Crippen LogP contribution in [0, 0.1) is 0 Å². The van der Waals surface area contributed by atoms with E-state index < -0.39 is 23.5 Å². The van der Waals surface area contributed by atoms with Crippen molar-refractivity contribution in [1.29, 1.82) is 0 Å². The Balaban J connectivity index is 1.80. The minimum Gasteiger partial charge on any atom is -0.165 e. The Morgan fingerprint density at radius 3 is 0.944 bits per heavy atom. The molecule has 0 heterocycles. The van der Waals surface area contributed by atoms with Crippen molar-refractivity contribution < 1.29 is 26.3 Å². The summed E-state index contributed by atoms with van der Waals surface area (Å²) in [4.78, 5) is 0. The maximum Gasteiger partial charge on any atom is 0.424 e. The van der Waals surface area contributed by atoms with Gasteiger partial charge in [0.2, 0.25) is 0 Å². The molecule has 0 fully saturated rings. The molecule has 4 aromatic carbocycles. The highest BCUT2D eigenvalue weighted by atomic mass is 19.4. The number of alkyl halides is 6. The van der Waals surface area contributed by atoms with E-state index >= 15 is 0 Å². The average molecular weight is 492 g/mol. The van der Waals surface area contributed by atoms with E-state index in [1.807, 2.05) is 12.1 Å². The standard InChI is InChI=1S/C30H18F6/c31-29(32,33)27(25-15-11-23(12-16-25)21-7-3-1-4-8-21)19-20-28(30(34,35)36)26-17-13-24(14-18-26)22-9-5-2-6-10-22/h1-18H. The van der Waals surface area contributed by atoms with Gasteiger partial charge in [-0.15, -0.1) is 0 Å². The maximum atomic E-state index is 13.8. The van der Waals surface area contributed by atoms with Crippen molar-refractivity contribution in [3.05, 3.63) is 132 Å². The largest absolute Gasteiger partial charge is 0.424 e. The summed E-state index contributed by atoms with van der Waals surface area (Å²) in [7, 11) is 0. The number of allylic oxidation sites excluding steroid dienone is 2. The van der Waals surface area contributed by atoms with Crippen molar-refractivity contribution in [2.45, 2.75) is 12.4 Å². The number of halogens is 6. The van der Waals surface area contributed by atoms with E-state index in [-0.39, 0.29) is 11.1 Å². The van der Waals surface area contributed by atoms with Crippen LogP contribution in [0.5, 0.6) is 0 Å². The molecule has 0 bridgehead atoms. The van der Waals surface area contributed by atoms with Crippen LogP contribution in [-0.2, 0) is 0 Å². The van der Waals surface area contributed by atoms with E-state index in [1.54, 1.807) is 60.0 Å². The van der Waals surface area contributed by atoms with Crippen LogP contribution in [0.2, 0.25) is 0 Å². The molecule has 0 nitrogen and oxygen atoms in total. The molecule has 6 heteroatoms. The first-order valence-electron chi connectivity index (χ1n) is 10.8. The van der Waals surface area contributed by atoms with Gasteiger partial charge in [-0.25, -0.2) is 0 Å². The van der Waals surface area contributed by atoms with Crippen molar-refractivity contribution in [2.75, 3.05) is 0 Å². The molecule has 180 valence electrons. The molecule has 0 spiro atoms. The molecule has 0 N–H and O–H groups in total. The molecule has 0 radical (unpaired) electrons. The Bertz CT molecular complexity index is 1300. The number of benzene rings is 4. The van der Waals surface area contributed by atoms with Gasteiger partial charge < -0.3 is 0 Å². The Hall–Kier alpha value is -4.24. The lowest BCUT2D eigenvalue weighted by atomic mass is 9.99. The summed E-state index contributed by atoms with van der Waals surface area (Å²) in [6.07, 6.45) is -9.87. The van der Waals surface area contributed by atoms with Gasteiger partial charge in [0, 0.05) is 0 Å². The molecule has 0 saturated heterocycles. The third kappa shape index (κ3) is 5.87. The summed E-state index contributed by atoms with van der Waals surface area (Å²) in [5.41, 5.74) is 3.19. The summed E-state index contributed by atoms with van der Waals surface area (Å²) in [5.74, 6) is 0. The predicted octanol–water partition coefficient (Wildman–Crippen LogP) is 9.37. The fraction of sp³-hybridized carbons (Fsp3) is 0.0667. The summed E-state index contributed by atoms with van der Waals surface area (Å²) in [5, 5.41) is 0. The van der Waals surface area contributed by atoms with E-state index in [9.17, 15) is 26.3 Å². The smallest absolute Gasteiger partial charge is 0.165 e. The molecule has 0 aliphatic heterocycles. The van der Waals surface area contributed by atoms with Crippen molar-refractivity contribution >= 4 is 11.1 Å². The summed E-state index contributed by atoms with van der Waals surface area (Å²) < 4.78 is 82.7. The number of hydrogen-bond acceptors (Lipinski definition) is 0. The van der Waals surface area contributed by atoms with Gasteiger partial charge in [0.05, 0.1) is 0 Å². The fourth-order valence-electron chi connectivity index (χ4n) is 3.66. The monoisotopic (exact) mass is 492 g/mol. The molecule has 0 saturated carbocycles. The molecule has 0 aromatic heterocycles. The first kappa shape index (κ1) is 24.9. The van der Waals surface area contributed by atoms with Gasteiger partial charge in [-0.1, -0.05) is 121 Å². The lowest BCUT2D eigenvalue weighted by Crippen LogP contribution is -2.11. The second kappa shape index (κ2) is 10.2. The Morgan fingerprint density at radius 2 is 0.667 bits per heavy atom. The predicted molar refractivity (Wildman–Crippen MR) is 130 cm³/mol. The lowest BCUT2D eigenvalue weighted by molar-refractivity contribution is -0.0702. The fourth-order valence-corrected chi connectivity index (χ4v) is 3.66. The van der Waals surface area contributed by atoms with Crippen molar-refractivity contribution in [3.63, 3.8) is 0 Å². The molecule has 0 amide bonds. The minimum absolute atomic E-state index is 0.310. The summed E-state index contributed by atoms with van der Waals surface area (Å²) in [6.45, 7) is 0. The third-order valence-corrected chi connectivity index (χ3v) is 5.44. The van der Waals surface area contributed by atoms with Crippen LogP contribution in [-0.4, -0.2) is 12.4 Å². The van der Waals surface area contributed by atoms with E-state index in [2.05, 4.69) is 0 Å². The Labute approximate surface area is 204 Å². The van der Waals surface area contributed by atoms with Crippen LogP contribution in [0.15, 0.2) is 121 Å². The van der Waals surface area contributed by atoms with Gasteiger partial charge in [0.25, 0.3) is 0 Å². The summed E-state index contributed by atoms with van der Waals surface area (Å²) in [6, 6.07) is 28.8. The topological polar surface area (TPSA) is 0 Å². The molecule has 4 aromatic rings. The molecule has 36 heavy (non-hydrogen) atoms. The Kier molecular flexibility index (Phi) is 7.03. The van der Waals surface area contributed by atoms with Crippen LogP contribution in [0.4, 0.5) is 26.3 Å². The molecule has 0 aliphatic carbocycles. The highest BCUT2D eigenvalue weighted by molar-refractivity contribution is 5.76. The molecular weight excluding hydrogens is 474 g/mol. The van der Waals surface area contributed by atoms with Crippen molar-refractivity contribution in [3.8, 4) is 22.3 Å². The van der Waals surface area contributed by atoms with Crippen LogP contribution in [0.25, 0.3) is 33.4 Å². The minimum atomic E-state index is -4.94. The van der Waals surface area contributed by atoms with Crippen LogP contribution < -0.4 is 0 Å². The average Bonchev–Trinajstić information content (AvgIpc) is 2.87. The zero-order chi connectivity index (χ0) is 25.8. The second-order valence-corrected chi connectivity index (χ2v) is 7.88. The highest BCUT2D eigenvalue weighted by Crippen LogP contribution is 2.36. The number of rotatable bonds is 4. The molecule has 4 rings (SSSR count). The van der Waals surface area contributed by atoms with Gasteiger partial charge in [-0.3, -0.25) is 0 Å². The van der Waals surface area contributed by atoms with E-state index in [0.29, 0.717) is 11.1 Å². The van der Waals surface area contributed by atoms with Crippen LogP contribution >= 0.6 is 0 Å². The number of hydrogen-bond donors (Lipinski definition) is 0. The summed E-state index contributed by atoms with van der Waals surface area (Å²) >= 11 is 0. The normalized spacial score (nSPS) is 11.4. The van der Waals surface area contributed by atoms with Gasteiger partial charge in [0.15, 0.2) is 0 Å². The van der Waals surface area contributed by atoms with Crippen LogP contribution in [0.1, 0.15) is 11.1 Å². The first-order chi connectivity index (χ1) is 17.1. The van der Waals surface area contributed by atoms with Crippen LogP contribution in [0.3, 0.4) is 0 Å². The van der Waals surface area contributed by atoms with Crippen molar-refractivity contribution in [1.82, 2.24) is 0 Å². The van der Waals surface area contributed by atoms with Gasteiger partial charge in [-0.05, 0) is 33.4 Å².